The third-order valence-corrected chi connectivity index (χ3v) is 2.04. The third kappa shape index (κ3) is 3.98. The first-order valence-corrected chi connectivity index (χ1v) is 5.56. The number of hydrogen-bond acceptors (Lipinski definition) is 4. The van der Waals surface area contributed by atoms with Crippen molar-refractivity contribution < 1.29 is 9.53 Å². The van der Waals surface area contributed by atoms with Crippen molar-refractivity contribution in [3.05, 3.63) is 29.8 Å². The van der Waals surface area contributed by atoms with Gasteiger partial charge in [0, 0.05) is 7.05 Å². The molecule has 1 N–H and O–H groups in total. The summed E-state index contributed by atoms with van der Waals surface area (Å²) in [5.74, 6) is 0. The molecule has 0 unspecified atom stereocenters. The van der Waals surface area contributed by atoms with Crippen molar-refractivity contribution in [1.82, 2.24) is 5.43 Å². The number of carbonyl (C=O) groups excluding carboxylic acids is 1. The SMILES string of the molecule is CN(NC(=O)OC(C)(C)C)c1ccccc1C#N. The maximum atomic E-state index is 11.6. The van der Waals surface area contributed by atoms with Crippen LogP contribution in [0.3, 0.4) is 0 Å². The van der Waals surface area contributed by atoms with E-state index in [-0.39, 0.29) is 0 Å². The summed E-state index contributed by atoms with van der Waals surface area (Å²) < 4.78 is 5.13. The minimum Gasteiger partial charge on any atom is -0.443 e. The van der Waals surface area contributed by atoms with Crippen molar-refractivity contribution in [2.45, 2.75) is 26.4 Å². The highest BCUT2D eigenvalue weighted by molar-refractivity contribution is 5.71. The maximum Gasteiger partial charge on any atom is 0.426 e. The number of nitrogens with zero attached hydrogens (tertiary/aromatic N) is 2. The van der Waals surface area contributed by atoms with Crippen molar-refractivity contribution in [2.75, 3.05) is 12.1 Å². The number of anilines is 1. The summed E-state index contributed by atoms with van der Waals surface area (Å²) in [7, 11) is 1.65. The van der Waals surface area contributed by atoms with Gasteiger partial charge in [-0.1, -0.05) is 12.1 Å². The molecule has 0 radical (unpaired) electrons. The third-order valence-electron chi connectivity index (χ3n) is 2.04. The lowest BCUT2D eigenvalue weighted by Gasteiger charge is -2.25. The van der Waals surface area contributed by atoms with Gasteiger partial charge in [-0.15, -0.1) is 0 Å². The van der Waals surface area contributed by atoms with Gasteiger partial charge in [-0.2, -0.15) is 5.26 Å². The molecule has 1 aromatic rings. The normalized spacial score (nSPS) is 10.4. The Morgan fingerprint density at radius 3 is 2.56 bits per heavy atom. The summed E-state index contributed by atoms with van der Waals surface area (Å²) in [6, 6.07) is 9.06. The summed E-state index contributed by atoms with van der Waals surface area (Å²) in [5.41, 5.74) is 3.09. The molecule has 0 aliphatic heterocycles. The highest BCUT2D eigenvalue weighted by atomic mass is 16.6. The fraction of sp³-hybridized carbons (Fsp3) is 0.385. The van der Waals surface area contributed by atoms with E-state index in [1.54, 1.807) is 52.1 Å². The van der Waals surface area contributed by atoms with Crippen LogP contribution in [0.2, 0.25) is 0 Å². The van der Waals surface area contributed by atoms with E-state index in [1.807, 2.05) is 0 Å². The van der Waals surface area contributed by atoms with Crippen LogP contribution in [0.4, 0.5) is 10.5 Å². The van der Waals surface area contributed by atoms with Crippen LogP contribution in [-0.2, 0) is 4.74 Å². The standard InChI is InChI=1S/C13H17N3O2/c1-13(2,3)18-12(17)15-16(4)11-8-6-5-7-10(11)9-14/h5-8H,1-4H3,(H,15,17). The van der Waals surface area contributed by atoms with Crippen LogP contribution in [-0.4, -0.2) is 18.7 Å². The Hall–Kier alpha value is -2.22. The maximum absolute atomic E-state index is 11.6. The molecular formula is C13H17N3O2. The van der Waals surface area contributed by atoms with Crippen molar-refractivity contribution in [3.8, 4) is 6.07 Å². The minimum absolute atomic E-state index is 0.482. The number of benzene rings is 1. The number of ether oxygens (including phenoxy) is 1. The van der Waals surface area contributed by atoms with Gasteiger partial charge in [0.05, 0.1) is 11.3 Å². The highest BCUT2D eigenvalue weighted by Gasteiger charge is 2.17. The first-order valence-electron chi connectivity index (χ1n) is 5.56. The summed E-state index contributed by atoms with van der Waals surface area (Å²) in [4.78, 5) is 11.6. The first kappa shape index (κ1) is 13.8. The molecule has 18 heavy (non-hydrogen) atoms. The van der Waals surface area contributed by atoms with Gasteiger partial charge in [-0.05, 0) is 32.9 Å². The van der Waals surface area contributed by atoms with Crippen molar-refractivity contribution in [1.29, 1.82) is 5.26 Å². The van der Waals surface area contributed by atoms with Gasteiger partial charge in [-0.3, -0.25) is 5.01 Å². The number of amides is 1. The van der Waals surface area contributed by atoms with E-state index >= 15 is 0 Å². The average molecular weight is 247 g/mol. The lowest BCUT2D eigenvalue weighted by molar-refractivity contribution is 0.0524. The van der Waals surface area contributed by atoms with Crippen LogP contribution in [0.1, 0.15) is 26.3 Å². The molecule has 0 fully saturated rings. The lowest BCUT2D eigenvalue weighted by Crippen LogP contribution is -2.42. The zero-order valence-electron chi connectivity index (χ0n) is 11.0. The molecule has 1 rings (SSSR count). The number of hydrazine groups is 1. The van der Waals surface area contributed by atoms with E-state index in [4.69, 9.17) is 10.00 Å². The van der Waals surface area contributed by atoms with Gasteiger partial charge in [0.1, 0.15) is 11.7 Å². The van der Waals surface area contributed by atoms with E-state index in [1.165, 1.54) is 5.01 Å². The van der Waals surface area contributed by atoms with Crippen molar-refractivity contribution in [3.63, 3.8) is 0 Å². The highest BCUT2D eigenvalue weighted by Crippen LogP contribution is 2.16. The second-order valence-corrected chi connectivity index (χ2v) is 4.80. The second kappa shape index (κ2) is 5.41. The molecule has 0 aliphatic rings. The van der Waals surface area contributed by atoms with E-state index in [9.17, 15) is 4.79 Å². The molecule has 0 aliphatic carbocycles. The predicted octanol–water partition coefficient (Wildman–Crippen LogP) is 2.43. The van der Waals surface area contributed by atoms with Gasteiger partial charge in [0.25, 0.3) is 0 Å². The van der Waals surface area contributed by atoms with Crippen LogP contribution in [0.25, 0.3) is 0 Å². The summed E-state index contributed by atoms with van der Waals surface area (Å²) >= 11 is 0. The van der Waals surface area contributed by atoms with Gasteiger partial charge >= 0.3 is 6.09 Å². The Labute approximate surface area is 107 Å². The molecule has 0 spiro atoms. The van der Waals surface area contributed by atoms with E-state index in [2.05, 4.69) is 11.5 Å². The Balaban J connectivity index is 2.74. The predicted molar refractivity (Wildman–Crippen MR) is 68.9 cm³/mol. The molecule has 0 saturated carbocycles. The number of rotatable bonds is 2. The molecule has 5 heteroatoms. The van der Waals surface area contributed by atoms with Gasteiger partial charge in [0.2, 0.25) is 0 Å². The fourth-order valence-corrected chi connectivity index (χ4v) is 1.36. The Morgan fingerprint density at radius 1 is 1.39 bits per heavy atom. The summed E-state index contributed by atoms with van der Waals surface area (Å²) in [6.07, 6.45) is -0.558. The quantitative estimate of drug-likeness (QED) is 0.815. The summed E-state index contributed by atoms with van der Waals surface area (Å²) in [6.45, 7) is 5.36. The number of nitriles is 1. The topological polar surface area (TPSA) is 65.4 Å². The van der Waals surface area contributed by atoms with E-state index in [0.29, 0.717) is 11.3 Å². The smallest absolute Gasteiger partial charge is 0.426 e. The van der Waals surface area contributed by atoms with Crippen LogP contribution in [0, 0.1) is 11.3 Å². The van der Waals surface area contributed by atoms with Crippen LogP contribution < -0.4 is 10.4 Å². The second-order valence-electron chi connectivity index (χ2n) is 4.80. The number of carbonyl (C=O) groups is 1. The largest absolute Gasteiger partial charge is 0.443 e. The number of para-hydroxylation sites is 1. The molecule has 0 atom stereocenters. The zero-order valence-corrected chi connectivity index (χ0v) is 11.0. The monoisotopic (exact) mass is 247 g/mol. The fourth-order valence-electron chi connectivity index (χ4n) is 1.36. The molecule has 5 nitrogen and oxygen atoms in total. The Kier molecular flexibility index (Phi) is 4.16. The number of nitrogens with one attached hydrogen (secondary N) is 1. The van der Waals surface area contributed by atoms with Gasteiger partial charge < -0.3 is 4.74 Å². The molecule has 0 bridgehead atoms. The lowest BCUT2D eigenvalue weighted by atomic mass is 10.2. The molecule has 96 valence electrons. The van der Waals surface area contributed by atoms with Gasteiger partial charge in [0.15, 0.2) is 0 Å². The molecule has 1 aromatic carbocycles. The Bertz CT molecular complexity index is 472. The van der Waals surface area contributed by atoms with Crippen molar-refractivity contribution in [2.24, 2.45) is 0 Å². The van der Waals surface area contributed by atoms with Gasteiger partial charge in [-0.25, -0.2) is 10.2 Å². The van der Waals surface area contributed by atoms with Crippen LogP contribution in [0.5, 0.6) is 0 Å². The zero-order chi connectivity index (χ0) is 13.8. The molecule has 1 amide bonds. The number of hydrogen-bond donors (Lipinski definition) is 1. The minimum atomic E-state index is -0.558. The van der Waals surface area contributed by atoms with E-state index < -0.39 is 11.7 Å². The van der Waals surface area contributed by atoms with E-state index in [0.717, 1.165) is 0 Å². The molecule has 0 aromatic heterocycles. The van der Waals surface area contributed by atoms with Crippen LogP contribution >= 0.6 is 0 Å². The van der Waals surface area contributed by atoms with Crippen molar-refractivity contribution >= 4 is 11.8 Å². The summed E-state index contributed by atoms with van der Waals surface area (Å²) in [5, 5.41) is 10.4. The Morgan fingerprint density at radius 2 is 2.00 bits per heavy atom. The molecule has 0 saturated heterocycles. The average Bonchev–Trinajstić information content (AvgIpc) is 2.26. The molecule has 0 heterocycles. The first-order chi connectivity index (χ1) is 8.33. The molecular weight excluding hydrogens is 230 g/mol. The van der Waals surface area contributed by atoms with Crippen LogP contribution in [0.15, 0.2) is 24.3 Å².